The number of anilines is 3. The standard InChI is InChI=1S/C41H26N4O2.Pd/c1-41(2)32-13-8-20-42-40(32)45(34-18-19-36-37(38(34)41)30-12-4-6-15-35(30)47-36)25-9-7-10-26(23-25)46-27-16-17-28-29-11-3-5-14-33(29)44-22-21-43-39(44)31(28)24-27;/h3-22H,1-2H3;/q-2;+2. The van der Waals surface area contributed by atoms with E-state index >= 15 is 0 Å². The molecule has 7 heteroatoms. The number of para-hydroxylation sites is 2. The molecule has 0 fully saturated rings. The van der Waals surface area contributed by atoms with E-state index in [-0.39, 0.29) is 25.8 Å². The van der Waals surface area contributed by atoms with Crippen LogP contribution < -0.4 is 9.64 Å². The third-order valence-electron chi connectivity index (χ3n) is 9.51. The van der Waals surface area contributed by atoms with Gasteiger partial charge in [-0.25, -0.2) is 4.98 Å². The van der Waals surface area contributed by atoms with Gasteiger partial charge in [0.25, 0.3) is 0 Å². The number of pyridine rings is 2. The molecule has 0 N–H and O–H groups in total. The van der Waals surface area contributed by atoms with Gasteiger partial charge in [0, 0.05) is 57.4 Å². The van der Waals surface area contributed by atoms with Crippen LogP contribution >= 0.6 is 0 Å². The Kier molecular flexibility index (Phi) is 6.29. The summed E-state index contributed by atoms with van der Waals surface area (Å²) in [5, 5.41) is 5.36. The molecule has 48 heavy (non-hydrogen) atoms. The van der Waals surface area contributed by atoms with Crippen molar-refractivity contribution < 1.29 is 29.6 Å². The first-order chi connectivity index (χ1) is 23.1. The quantitative estimate of drug-likeness (QED) is 0.104. The van der Waals surface area contributed by atoms with Crippen LogP contribution in [0.1, 0.15) is 25.0 Å². The van der Waals surface area contributed by atoms with Crippen LogP contribution in [0.25, 0.3) is 49.3 Å². The summed E-state index contributed by atoms with van der Waals surface area (Å²) < 4.78 is 14.9. The molecule has 1 aliphatic heterocycles. The van der Waals surface area contributed by atoms with Gasteiger partial charge in [0.15, 0.2) is 0 Å². The number of fused-ring (bicyclic) bond motifs is 12. The van der Waals surface area contributed by atoms with Crippen LogP contribution in [-0.2, 0) is 25.8 Å². The zero-order chi connectivity index (χ0) is 31.3. The Morgan fingerprint density at radius 3 is 2.46 bits per heavy atom. The molecule has 0 atom stereocenters. The smallest absolute Gasteiger partial charge is 0.503 e. The van der Waals surface area contributed by atoms with E-state index in [0.717, 1.165) is 72.0 Å². The Morgan fingerprint density at radius 1 is 0.708 bits per heavy atom. The van der Waals surface area contributed by atoms with E-state index in [2.05, 4.69) is 101 Å². The van der Waals surface area contributed by atoms with Gasteiger partial charge >= 0.3 is 20.4 Å². The predicted octanol–water partition coefficient (Wildman–Crippen LogP) is 10.4. The molecule has 5 aromatic carbocycles. The van der Waals surface area contributed by atoms with Crippen molar-refractivity contribution in [3.05, 3.63) is 145 Å². The minimum absolute atomic E-state index is 0. The van der Waals surface area contributed by atoms with E-state index in [1.165, 1.54) is 5.56 Å². The number of benzene rings is 5. The number of hydrogen-bond donors (Lipinski definition) is 0. The van der Waals surface area contributed by atoms with Gasteiger partial charge in [-0.3, -0.25) is 4.98 Å². The molecule has 10 rings (SSSR count). The van der Waals surface area contributed by atoms with Crippen LogP contribution in [0.4, 0.5) is 17.2 Å². The predicted molar refractivity (Wildman–Crippen MR) is 186 cm³/mol. The number of rotatable bonds is 3. The number of aromatic nitrogens is 3. The Bertz CT molecular complexity index is 2730. The minimum Gasteiger partial charge on any atom is -0.503 e. The van der Waals surface area contributed by atoms with Gasteiger partial charge in [0.05, 0.1) is 11.3 Å². The minimum atomic E-state index is -0.335. The fourth-order valence-corrected chi connectivity index (χ4v) is 7.45. The van der Waals surface area contributed by atoms with E-state index in [1.807, 2.05) is 61.1 Å². The summed E-state index contributed by atoms with van der Waals surface area (Å²) in [6.07, 6.45) is 5.66. The molecule has 0 aliphatic carbocycles. The largest absolute Gasteiger partial charge is 2.00 e. The fourth-order valence-electron chi connectivity index (χ4n) is 7.45. The van der Waals surface area contributed by atoms with E-state index in [9.17, 15) is 0 Å². The Balaban J connectivity index is 0.00000314. The van der Waals surface area contributed by atoms with E-state index in [4.69, 9.17) is 14.1 Å². The first kappa shape index (κ1) is 28.7. The van der Waals surface area contributed by atoms with Crippen LogP contribution in [0.15, 0.2) is 126 Å². The molecule has 0 saturated carbocycles. The molecular weight excluding hydrogens is 687 g/mol. The van der Waals surface area contributed by atoms with E-state index in [1.54, 1.807) is 0 Å². The number of furan rings is 1. The Hall–Kier alpha value is -5.48. The molecule has 9 aromatic rings. The third kappa shape index (κ3) is 4.02. The van der Waals surface area contributed by atoms with Gasteiger partial charge in [-0.15, -0.1) is 30.3 Å². The zero-order valence-electron chi connectivity index (χ0n) is 26.0. The maximum absolute atomic E-state index is 6.48. The summed E-state index contributed by atoms with van der Waals surface area (Å²) in [4.78, 5) is 11.8. The second-order valence-electron chi connectivity index (χ2n) is 12.5. The van der Waals surface area contributed by atoms with Crippen molar-refractivity contribution in [3.63, 3.8) is 0 Å². The Morgan fingerprint density at radius 2 is 1.54 bits per heavy atom. The topological polar surface area (TPSA) is 55.8 Å². The first-order valence-corrected chi connectivity index (χ1v) is 15.7. The van der Waals surface area contributed by atoms with Gasteiger partial charge in [-0.05, 0) is 41.3 Å². The normalized spacial score (nSPS) is 13.6. The zero-order valence-corrected chi connectivity index (χ0v) is 27.5. The van der Waals surface area contributed by atoms with E-state index < -0.39 is 0 Å². The van der Waals surface area contributed by atoms with Gasteiger partial charge in [-0.2, -0.15) is 6.07 Å². The number of nitrogens with zero attached hydrogens (tertiary/aromatic N) is 4. The first-order valence-electron chi connectivity index (χ1n) is 15.7. The van der Waals surface area contributed by atoms with Gasteiger partial charge < -0.3 is 18.5 Å². The molecule has 5 heterocycles. The van der Waals surface area contributed by atoms with Gasteiger partial charge in [0.2, 0.25) is 0 Å². The van der Waals surface area contributed by atoms with Crippen molar-refractivity contribution in [2.24, 2.45) is 0 Å². The summed E-state index contributed by atoms with van der Waals surface area (Å²) in [5.74, 6) is 2.05. The van der Waals surface area contributed by atoms with Gasteiger partial charge in [-0.1, -0.05) is 78.8 Å². The molecule has 1 aliphatic rings. The maximum Gasteiger partial charge on any atom is 2.00 e. The summed E-state index contributed by atoms with van der Waals surface area (Å²) in [7, 11) is 0. The van der Waals surface area contributed by atoms with Crippen LogP contribution in [0.2, 0.25) is 0 Å². The molecule has 0 bridgehead atoms. The molecule has 232 valence electrons. The third-order valence-corrected chi connectivity index (χ3v) is 9.51. The number of ether oxygens (including phenoxy) is 1. The van der Waals surface area contributed by atoms with E-state index in [0.29, 0.717) is 11.5 Å². The maximum atomic E-state index is 6.48. The average Bonchev–Trinajstić information content (AvgIpc) is 3.75. The van der Waals surface area contributed by atoms with Crippen molar-refractivity contribution in [2.45, 2.75) is 19.3 Å². The molecule has 0 saturated heterocycles. The summed E-state index contributed by atoms with van der Waals surface area (Å²) in [6, 6.07) is 42.1. The molecule has 6 nitrogen and oxygen atoms in total. The fraction of sp³-hybridized carbons (Fsp3) is 0.0732. The van der Waals surface area contributed by atoms with Crippen LogP contribution in [0.5, 0.6) is 11.5 Å². The monoisotopic (exact) mass is 712 g/mol. The van der Waals surface area contributed by atoms with Crippen LogP contribution in [-0.4, -0.2) is 14.4 Å². The molecule has 0 unspecified atom stereocenters. The molecular formula is C41H26N4O2Pd. The molecule has 0 radical (unpaired) electrons. The number of imidazole rings is 1. The second kappa shape index (κ2) is 10.5. The van der Waals surface area contributed by atoms with Crippen molar-refractivity contribution in [1.82, 2.24) is 14.4 Å². The van der Waals surface area contributed by atoms with Crippen molar-refractivity contribution in [2.75, 3.05) is 4.90 Å². The molecule has 4 aromatic heterocycles. The SMILES string of the molecule is CC1(C)c2cccnc2N(c2[c-]c(Oc3[c-]c4c(cc3)c3ccccc3n3ccnc43)ccc2)c2ccc3oc4ccccc4c3c21.[Pd+2]. The van der Waals surface area contributed by atoms with Crippen molar-refractivity contribution in [1.29, 1.82) is 0 Å². The van der Waals surface area contributed by atoms with Crippen molar-refractivity contribution in [3.8, 4) is 11.5 Å². The Labute approximate surface area is 289 Å². The summed E-state index contributed by atoms with van der Waals surface area (Å²) >= 11 is 0. The summed E-state index contributed by atoms with van der Waals surface area (Å²) in [6.45, 7) is 4.54. The van der Waals surface area contributed by atoms with Crippen LogP contribution in [0, 0.1) is 12.1 Å². The van der Waals surface area contributed by atoms with Crippen molar-refractivity contribution >= 4 is 66.5 Å². The average molecular weight is 713 g/mol. The van der Waals surface area contributed by atoms with Crippen LogP contribution in [0.3, 0.4) is 0 Å². The summed E-state index contributed by atoms with van der Waals surface area (Å²) in [5.41, 5.74) is 7.56. The van der Waals surface area contributed by atoms with Gasteiger partial charge in [0.1, 0.15) is 17.0 Å². The number of hydrogen-bond acceptors (Lipinski definition) is 5. The molecule has 0 spiro atoms. The second-order valence-corrected chi connectivity index (χ2v) is 12.5. The molecule has 0 amide bonds.